The van der Waals surface area contributed by atoms with Crippen molar-refractivity contribution in [3.63, 3.8) is 0 Å². The summed E-state index contributed by atoms with van der Waals surface area (Å²) >= 11 is 0. The maximum absolute atomic E-state index is 11.0. The molecule has 0 spiro atoms. The Labute approximate surface area is 75.9 Å². The van der Waals surface area contributed by atoms with Gasteiger partial charge in [0.25, 0.3) is 0 Å². The van der Waals surface area contributed by atoms with Crippen molar-refractivity contribution in [1.82, 2.24) is 0 Å². The molecule has 0 bridgehead atoms. The van der Waals surface area contributed by atoms with Crippen molar-refractivity contribution in [2.75, 3.05) is 12.8 Å². The minimum absolute atomic E-state index is 0.616. The molecule has 1 unspecified atom stereocenters. The minimum atomic E-state index is -1.42. The van der Waals surface area contributed by atoms with E-state index in [1.807, 2.05) is 0 Å². The zero-order chi connectivity index (χ0) is 9.23. The Balaban J connectivity index is 3.13. The topological polar surface area (TPSA) is 26.3 Å². The molecule has 0 saturated carbocycles. The summed E-state index contributed by atoms with van der Waals surface area (Å²) in [4.78, 5) is 0. The number of allylic oxidation sites excluding steroid dienone is 1. The van der Waals surface area contributed by atoms with Crippen molar-refractivity contribution in [3.8, 4) is 0 Å². The van der Waals surface area contributed by atoms with E-state index in [1.54, 1.807) is 6.08 Å². The van der Waals surface area contributed by atoms with Crippen molar-refractivity contribution in [3.05, 3.63) is 12.7 Å². The number of unbranched alkanes of at least 4 members (excludes halogenated alkanes) is 2. The maximum atomic E-state index is 11.0. The van der Waals surface area contributed by atoms with E-state index in [1.165, 1.54) is 6.42 Å². The van der Waals surface area contributed by atoms with Gasteiger partial charge >= 0.3 is 8.03 Å². The molecule has 0 aliphatic carbocycles. The highest BCUT2D eigenvalue weighted by Crippen LogP contribution is 2.23. The molecule has 0 amide bonds. The molecule has 0 aromatic rings. The van der Waals surface area contributed by atoms with Crippen LogP contribution in [0, 0.1) is 0 Å². The van der Waals surface area contributed by atoms with Crippen LogP contribution in [0.1, 0.15) is 32.6 Å². The van der Waals surface area contributed by atoms with Crippen LogP contribution in [0.5, 0.6) is 0 Å². The Morgan fingerprint density at radius 1 is 1.50 bits per heavy atom. The summed E-state index contributed by atoms with van der Waals surface area (Å²) in [6, 6.07) is 0. The van der Waals surface area contributed by atoms with Gasteiger partial charge in [0, 0.05) is 6.42 Å². The predicted molar refractivity (Wildman–Crippen MR) is 52.8 cm³/mol. The quantitative estimate of drug-likeness (QED) is 0.332. The Morgan fingerprint density at radius 2 is 2.25 bits per heavy atom. The first-order valence-corrected chi connectivity index (χ1v) is 5.86. The molecule has 0 fully saturated rings. The summed E-state index contributed by atoms with van der Waals surface area (Å²) in [5.41, 5.74) is 0. The average Bonchev–Trinajstić information content (AvgIpc) is 2.09. The SMILES string of the molecule is C=CCC[P+](=O)OCCCCC. The summed E-state index contributed by atoms with van der Waals surface area (Å²) < 4.78 is 16.2. The Hall–Kier alpha value is -0.200. The van der Waals surface area contributed by atoms with Gasteiger partial charge in [-0.3, -0.25) is 0 Å². The van der Waals surface area contributed by atoms with E-state index in [0.29, 0.717) is 12.8 Å². The molecule has 0 aliphatic rings. The summed E-state index contributed by atoms with van der Waals surface area (Å²) in [6.07, 6.45) is 6.51. The number of hydrogen-bond acceptors (Lipinski definition) is 2. The van der Waals surface area contributed by atoms with Crippen LogP contribution in [0.3, 0.4) is 0 Å². The lowest BCUT2D eigenvalue weighted by Gasteiger charge is -1.90. The molecule has 0 aromatic carbocycles. The Bertz CT molecular complexity index is 134. The van der Waals surface area contributed by atoms with Crippen molar-refractivity contribution in [2.45, 2.75) is 32.6 Å². The van der Waals surface area contributed by atoms with Crippen LogP contribution >= 0.6 is 8.03 Å². The summed E-state index contributed by atoms with van der Waals surface area (Å²) in [7, 11) is -1.42. The average molecular weight is 189 g/mol. The number of hydrogen-bond donors (Lipinski definition) is 0. The van der Waals surface area contributed by atoms with Gasteiger partial charge in [-0.25, -0.2) is 0 Å². The van der Waals surface area contributed by atoms with Crippen LogP contribution < -0.4 is 0 Å². The van der Waals surface area contributed by atoms with Crippen LogP contribution in [0.2, 0.25) is 0 Å². The highest BCUT2D eigenvalue weighted by Gasteiger charge is 2.14. The van der Waals surface area contributed by atoms with E-state index in [2.05, 4.69) is 13.5 Å². The first-order chi connectivity index (χ1) is 5.81. The first kappa shape index (κ1) is 11.8. The fraction of sp³-hybridized carbons (Fsp3) is 0.778. The van der Waals surface area contributed by atoms with E-state index in [4.69, 9.17) is 4.52 Å². The van der Waals surface area contributed by atoms with Gasteiger partial charge in [0.1, 0.15) is 6.61 Å². The van der Waals surface area contributed by atoms with Gasteiger partial charge in [-0.1, -0.05) is 25.8 Å². The lowest BCUT2D eigenvalue weighted by Crippen LogP contribution is -1.88. The van der Waals surface area contributed by atoms with Gasteiger partial charge in [0.15, 0.2) is 6.16 Å². The van der Waals surface area contributed by atoms with E-state index in [9.17, 15) is 4.57 Å². The zero-order valence-electron chi connectivity index (χ0n) is 7.79. The first-order valence-electron chi connectivity index (χ1n) is 4.49. The van der Waals surface area contributed by atoms with Gasteiger partial charge in [0.2, 0.25) is 0 Å². The van der Waals surface area contributed by atoms with Crippen molar-refractivity contribution < 1.29 is 9.09 Å². The van der Waals surface area contributed by atoms with E-state index in [-0.39, 0.29) is 0 Å². The molecule has 2 nitrogen and oxygen atoms in total. The second-order valence-corrected chi connectivity index (χ2v) is 4.04. The molecule has 0 radical (unpaired) electrons. The summed E-state index contributed by atoms with van der Waals surface area (Å²) in [5, 5.41) is 0. The Morgan fingerprint density at radius 3 is 2.83 bits per heavy atom. The third-order valence-corrected chi connectivity index (χ3v) is 2.59. The van der Waals surface area contributed by atoms with Crippen molar-refractivity contribution >= 4 is 8.03 Å². The smallest absolute Gasteiger partial charge is 0.146 e. The molecule has 0 saturated heterocycles. The molecule has 0 aromatic heterocycles. The molecule has 12 heavy (non-hydrogen) atoms. The molecule has 3 heteroatoms. The largest absolute Gasteiger partial charge is 0.508 e. The summed E-state index contributed by atoms with van der Waals surface area (Å²) in [6.45, 7) is 6.33. The van der Waals surface area contributed by atoms with Gasteiger partial charge < -0.3 is 0 Å². The third-order valence-electron chi connectivity index (χ3n) is 1.50. The lowest BCUT2D eigenvalue weighted by molar-refractivity contribution is 0.318. The number of rotatable bonds is 8. The fourth-order valence-corrected chi connectivity index (χ4v) is 1.63. The molecule has 0 rings (SSSR count). The van der Waals surface area contributed by atoms with Crippen molar-refractivity contribution in [2.24, 2.45) is 0 Å². The van der Waals surface area contributed by atoms with Gasteiger partial charge in [-0.15, -0.1) is 11.1 Å². The second-order valence-electron chi connectivity index (χ2n) is 2.67. The molecule has 70 valence electrons. The van der Waals surface area contributed by atoms with E-state index in [0.717, 1.165) is 19.3 Å². The van der Waals surface area contributed by atoms with E-state index < -0.39 is 8.03 Å². The minimum Gasteiger partial charge on any atom is -0.146 e. The normalized spacial score (nSPS) is 11.2. The van der Waals surface area contributed by atoms with Crippen LogP contribution in [0.4, 0.5) is 0 Å². The van der Waals surface area contributed by atoms with Crippen molar-refractivity contribution in [1.29, 1.82) is 0 Å². The molecular weight excluding hydrogens is 171 g/mol. The molecule has 1 atom stereocenters. The van der Waals surface area contributed by atoms with Crippen LogP contribution in [-0.2, 0) is 9.09 Å². The van der Waals surface area contributed by atoms with Gasteiger partial charge in [0.05, 0.1) is 0 Å². The van der Waals surface area contributed by atoms with Crippen LogP contribution in [0.25, 0.3) is 0 Å². The zero-order valence-corrected chi connectivity index (χ0v) is 8.69. The fourth-order valence-electron chi connectivity index (χ4n) is 0.780. The molecule has 0 heterocycles. The van der Waals surface area contributed by atoms with Crippen LogP contribution in [0.15, 0.2) is 12.7 Å². The van der Waals surface area contributed by atoms with Gasteiger partial charge in [-0.05, 0) is 11.0 Å². The lowest BCUT2D eigenvalue weighted by atomic mass is 10.3. The predicted octanol–water partition coefficient (Wildman–Crippen LogP) is 3.51. The molecule has 0 N–H and O–H groups in total. The van der Waals surface area contributed by atoms with Gasteiger partial charge in [-0.2, -0.15) is 0 Å². The monoisotopic (exact) mass is 189 g/mol. The van der Waals surface area contributed by atoms with Crippen LogP contribution in [-0.4, -0.2) is 12.8 Å². The highest BCUT2D eigenvalue weighted by molar-refractivity contribution is 7.39. The third kappa shape index (κ3) is 7.90. The molecule has 0 aliphatic heterocycles. The van der Waals surface area contributed by atoms with E-state index >= 15 is 0 Å². The standard InChI is InChI=1S/C9H18O2P/c1-3-5-7-8-11-12(10)9-6-4-2/h4H,2-3,5-9H2,1H3/q+1. The second kappa shape index (κ2) is 8.89. The maximum Gasteiger partial charge on any atom is 0.508 e. The molecular formula is C9H18O2P+. The highest BCUT2D eigenvalue weighted by atomic mass is 31.1. The Kier molecular flexibility index (Phi) is 8.74. The summed E-state index contributed by atoms with van der Waals surface area (Å²) in [5.74, 6) is 0.